The SMILES string of the molecule is CC(O)(CCc1ccc(O)cc1)C(C)(C)C(=O)O. The number of aryl methyl sites for hydroxylation is 1. The standard InChI is InChI=1S/C14H20O4/c1-13(2,12(16)17)14(3,18)9-8-10-4-6-11(15)7-5-10/h4-7,15,18H,8-9H2,1-3H3,(H,16,17). The van der Waals surface area contributed by atoms with Crippen LogP contribution in [0, 0.1) is 5.41 Å². The first-order valence-electron chi connectivity index (χ1n) is 5.90. The van der Waals surface area contributed by atoms with Crippen LogP contribution in [-0.4, -0.2) is 26.9 Å². The third kappa shape index (κ3) is 3.01. The molecular formula is C14H20O4. The Kier molecular flexibility index (Phi) is 4.02. The Morgan fingerprint density at radius 3 is 2.11 bits per heavy atom. The van der Waals surface area contributed by atoms with Crippen LogP contribution in [0.15, 0.2) is 24.3 Å². The lowest BCUT2D eigenvalue weighted by atomic mass is 9.73. The number of aliphatic carboxylic acids is 1. The van der Waals surface area contributed by atoms with Crippen LogP contribution in [0.1, 0.15) is 32.8 Å². The van der Waals surface area contributed by atoms with Crippen LogP contribution in [-0.2, 0) is 11.2 Å². The minimum absolute atomic E-state index is 0.191. The van der Waals surface area contributed by atoms with Crippen molar-refractivity contribution in [1.29, 1.82) is 0 Å². The number of rotatable bonds is 5. The number of carboxylic acid groups (broad SMARTS) is 1. The zero-order valence-corrected chi connectivity index (χ0v) is 11.0. The molecule has 3 N–H and O–H groups in total. The summed E-state index contributed by atoms with van der Waals surface area (Å²) in [6.07, 6.45) is 0.904. The molecule has 1 aromatic rings. The summed E-state index contributed by atoms with van der Waals surface area (Å²) in [4.78, 5) is 11.1. The molecule has 1 atom stereocenters. The Morgan fingerprint density at radius 2 is 1.67 bits per heavy atom. The summed E-state index contributed by atoms with van der Waals surface area (Å²) >= 11 is 0. The molecule has 0 saturated heterocycles. The third-order valence-electron chi connectivity index (χ3n) is 3.72. The largest absolute Gasteiger partial charge is 0.508 e. The molecule has 0 amide bonds. The van der Waals surface area contributed by atoms with Gasteiger partial charge in [-0.2, -0.15) is 0 Å². The first kappa shape index (κ1) is 14.5. The van der Waals surface area contributed by atoms with E-state index in [9.17, 15) is 9.90 Å². The van der Waals surface area contributed by atoms with Crippen LogP contribution in [0.4, 0.5) is 0 Å². The molecule has 0 aliphatic heterocycles. The van der Waals surface area contributed by atoms with Crippen molar-refractivity contribution in [3.05, 3.63) is 29.8 Å². The molecule has 1 unspecified atom stereocenters. The monoisotopic (exact) mass is 252 g/mol. The van der Waals surface area contributed by atoms with Crippen molar-refractivity contribution in [2.45, 2.75) is 39.2 Å². The predicted octanol–water partition coefficient (Wildman–Crippen LogP) is 2.19. The fraction of sp³-hybridized carbons (Fsp3) is 0.500. The summed E-state index contributed by atoms with van der Waals surface area (Å²) in [5.74, 6) is -0.824. The lowest BCUT2D eigenvalue weighted by Gasteiger charge is -2.36. The second-order valence-corrected chi connectivity index (χ2v) is 5.37. The second-order valence-electron chi connectivity index (χ2n) is 5.37. The number of hydrogen-bond donors (Lipinski definition) is 3. The van der Waals surface area contributed by atoms with E-state index in [1.54, 1.807) is 31.2 Å². The van der Waals surface area contributed by atoms with E-state index in [0.29, 0.717) is 12.8 Å². The van der Waals surface area contributed by atoms with E-state index in [4.69, 9.17) is 10.2 Å². The molecule has 1 aromatic carbocycles. The van der Waals surface area contributed by atoms with Crippen molar-refractivity contribution in [2.24, 2.45) is 5.41 Å². The lowest BCUT2D eigenvalue weighted by molar-refractivity contribution is -0.163. The molecule has 0 aliphatic rings. The van der Waals surface area contributed by atoms with Gasteiger partial charge < -0.3 is 15.3 Å². The molecular weight excluding hydrogens is 232 g/mol. The highest BCUT2D eigenvalue weighted by Crippen LogP contribution is 2.34. The number of benzene rings is 1. The van der Waals surface area contributed by atoms with Crippen molar-refractivity contribution < 1.29 is 20.1 Å². The first-order chi connectivity index (χ1) is 8.17. The number of aliphatic hydroxyl groups is 1. The summed E-state index contributed by atoms with van der Waals surface area (Å²) in [6, 6.07) is 6.68. The predicted molar refractivity (Wildman–Crippen MR) is 68.5 cm³/mol. The van der Waals surface area contributed by atoms with Crippen molar-refractivity contribution in [2.75, 3.05) is 0 Å². The van der Waals surface area contributed by atoms with E-state index >= 15 is 0 Å². The van der Waals surface area contributed by atoms with E-state index in [1.807, 2.05) is 0 Å². The summed E-state index contributed by atoms with van der Waals surface area (Å²) < 4.78 is 0. The van der Waals surface area contributed by atoms with Crippen molar-refractivity contribution >= 4 is 5.97 Å². The highest BCUT2D eigenvalue weighted by Gasteiger charge is 2.45. The minimum Gasteiger partial charge on any atom is -0.508 e. The summed E-state index contributed by atoms with van der Waals surface area (Å²) in [6.45, 7) is 4.58. The van der Waals surface area contributed by atoms with Gasteiger partial charge in [-0.1, -0.05) is 12.1 Å². The average molecular weight is 252 g/mol. The van der Waals surface area contributed by atoms with Crippen molar-refractivity contribution in [1.82, 2.24) is 0 Å². The Morgan fingerprint density at radius 1 is 1.17 bits per heavy atom. The van der Waals surface area contributed by atoms with Crippen molar-refractivity contribution in [3.8, 4) is 5.75 Å². The maximum absolute atomic E-state index is 11.1. The van der Waals surface area contributed by atoms with Gasteiger partial charge in [-0.05, 0) is 51.3 Å². The van der Waals surface area contributed by atoms with E-state index in [-0.39, 0.29) is 5.75 Å². The lowest BCUT2D eigenvalue weighted by Crippen LogP contribution is -2.47. The molecule has 0 heterocycles. The molecule has 4 nitrogen and oxygen atoms in total. The van der Waals surface area contributed by atoms with Crippen molar-refractivity contribution in [3.63, 3.8) is 0 Å². The maximum Gasteiger partial charge on any atom is 0.311 e. The number of carbonyl (C=O) groups is 1. The van der Waals surface area contributed by atoms with Gasteiger partial charge in [-0.3, -0.25) is 4.79 Å². The zero-order valence-electron chi connectivity index (χ0n) is 11.0. The maximum atomic E-state index is 11.1. The zero-order chi connectivity index (χ0) is 14.0. The summed E-state index contributed by atoms with van der Waals surface area (Å²) in [7, 11) is 0. The molecule has 100 valence electrons. The Bertz CT molecular complexity index is 418. The van der Waals surface area contributed by atoms with Crippen LogP contribution in [0.3, 0.4) is 0 Å². The van der Waals surface area contributed by atoms with Gasteiger partial charge in [0.2, 0.25) is 0 Å². The Balaban J connectivity index is 2.73. The van der Waals surface area contributed by atoms with Gasteiger partial charge in [0.25, 0.3) is 0 Å². The van der Waals surface area contributed by atoms with Gasteiger partial charge in [0.05, 0.1) is 11.0 Å². The molecule has 0 saturated carbocycles. The van der Waals surface area contributed by atoms with Gasteiger partial charge in [-0.25, -0.2) is 0 Å². The average Bonchev–Trinajstić information content (AvgIpc) is 2.28. The number of aromatic hydroxyl groups is 1. The third-order valence-corrected chi connectivity index (χ3v) is 3.72. The normalized spacial score (nSPS) is 15.1. The van der Waals surface area contributed by atoms with E-state index in [1.165, 1.54) is 13.8 Å². The molecule has 4 heteroatoms. The number of phenolic OH excluding ortho intramolecular Hbond substituents is 1. The number of carboxylic acids is 1. The molecule has 0 spiro atoms. The molecule has 0 bridgehead atoms. The van der Waals surface area contributed by atoms with Gasteiger partial charge in [0, 0.05) is 0 Å². The van der Waals surface area contributed by atoms with Gasteiger partial charge in [-0.15, -0.1) is 0 Å². The van der Waals surface area contributed by atoms with E-state index in [2.05, 4.69) is 0 Å². The van der Waals surface area contributed by atoms with Gasteiger partial charge in [0.15, 0.2) is 0 Å². The molecule has 18 heavy (non-hydrogen) atoms. The summed E-state index contributed by atoms with van der Waals surface area (Å²) in [5.41, 5.74) is -1.55. The molecule has 0 fully saturated rings. The fourth-order valence-electron chi connectivity index (χ4n) is 1.59. The van der Waals surface area contributed by atoms with Crippen LogP contribution < -0.4 is 0 Å². The van der Waals surface area contributed by atoms with Crippen LogP contribution in [0.25, 0.3) is 0 Å². The number of phenols is 1. The summed E-state index contributed by atoms with van der Waals surface area (Å²) in [5, 5.41) is 28.6. The molecule has 0 aromatic heterocycles. The first-order valence-corrected chi connectivity index (χ1v) is 5.90. The number of hydrogen-bond acceptors (Lipinski definition) is 3. The fourth-order valence-corrected chi connectivity index (χ4v) is 1.59. The Labute approximate surface area is 107 Å². The van der Waals surface area contributed by atoms with Gasteiger partial charge >= 0.3 is 5.97 Å². The minimum atomic E-state index is -1.29. The molecule has 0 aliphatic carbocycles. The van der Waals surface area contributed by atoms with Crippen LogP contribution in [0.2, 0.25) is 0 Å². The van der Waals surface area contributed by atoms with Crippen LogP contribution in [0.5, 0.6) is 5.75 Å². The van der Waals surface area contributed by atoms with Gasteiger partial charge in [0.1, 0.15) is 5.75 Å². The molecule has 1 rings (SSSR count). The Hall–Kier alpha value is -1.55. The van der Waals surface area contributed by atoms with Crippen LogP contribution >= 0.6 is 0 Å². The van der Waals surface area contributed by atoms with E-state index in [0.717, 1.165) is 5.56 Å². The molecule has 0 radical (unpaired) electrons. The second kappa shape index (κ2) is 4.98. The topological polar surface area (TPSA) is 77.8 Å². The highest BCUT2D eigenvalue weighted by atomic mass is 16.4. The van der Waals surface area contributed by atoms with E-state index < -0.39 is 17.0 Å². The highest BCUT2D eigenvalue weighted by molar-refractivity contribution is 5.75. The quantitative estimate of drug-likeness (QED) is 0.750. The smallest absolute Gasteiger partial charge is 0.311 e.